The van der Waals surface area contributed by atoms with Crippen LogP contribution < -0.4 is 5.32 Å². The van der Waals surface area contributed by atoms with E-state index in [9.17, 15) is 4.79 Å². The van der Waals surface area contributed by atoms with Crippen LogP contribution in [0, 0.1) is 25.2 Å². The van der Waals surface area contributed by atoms with E-state index in [0.29, 0.717) is 11.1 Å². The summed E-state index contributed by atoms with van der Waals surface area (Å²) >= 11 is 3.46. The van der Waals surface area contributed by atoms with E-state index in [2.05, 4.69) is 21.2 Å². The fourth-order valence-corrected chi connectivity index (χ4v) is 2.76. The summed E-state index contributed by atoms with van der Waals surface area (Å²) in [6.07, 6.45) is 0. The number of amides is 1. The van der Waals surface area contributed by atoms with Gasteiger partial charge >= 0.3 is 0 Å². The quantitative estimate of drug-likeness (QED) is 0.898. The van der Waals surface area contributed by atoms with Crippen LogP contribution in [0.4, 0.5) is 5.69 Å². The number of aryl methyl sites for hydroxylation is 2. The Hall–Kier alpha value is -2.12. The number of nitrogens with zero attached hydrogens (tertiary/aromatic N) is 1. The lowest BCUT2D eigenvalue weighted by Crippen LogP contribution is -2.13. The number of carbonyl (C=O) groups excluding carboxylic acids is 1. The van der Waals surface area contributed by atoms with Gasteiger partial charge in [0.25, 0.3) is 5.91 Å². The number of rotatable bonds is 2. The SMILES string of the molecule is Cc1cc(C)c(NC(=O)c2cccc(C#N)c2)c(Br)c1. The Morgan fingerprint density at radius 3 is 2.65 bits per heavy atom. The highest BCUT2D eigenvalue weighted by atomic mass is 79.9. The molecule has 0 saturated heterocycles. The molecule has 2 aromatic rings. The summed E-state index contributed by atoms with van der Waals surface area (Å²) in [7, 11) is 0. The second kappa shape index (κ2) is 5.89. The Morgan fingerprint density at radius 2 is 2.00 bits per heavy atom. The Bertz CT molecular complexity index is 694. The van der Waals surface area contributed by atoms with Crippen LogP contribution in [0.1, 0.15) is 27.0 Å². The van der Waals surface area contributed by atoms with Crippen LogP contribution in [0.2, 0.25) is 0 Å². The van der Waals surface area contributed by atoms with E-state index in [1.165, 1.54) is 0 Å². The number of nitriles is 1. The molecular formula is C16H13BrN2O. The molecule has 0 unspecified atom stereocenters. The van der Waals surface area contributed by atoms with E-state index < -0.39 is 0 Å². The Kier molecular flexibility index (Phi) is 4.21. The maximum Gasteiger partial charge on any atom is 0.255 e. The van der Waals surface area contributed by atoms with Gasteiger partial charge in [0.2, 0.25) is 0 Å². The van der Waals surface area contributed by atoms with Gasteiger partial charge in [-0.15, -0.1) is 0 Å². The molecule has 1 amide bonds. The Labute approximate surface area is 126 Å². The lowest BCUT2D eigenvalue weighted by molar-refractivity contribution is 0.102. The first-order chi connectivity index (χ1) is 9.51. The first kappa shape index (κ1) is 14.3. The Balaban J connectivity index is 2.31. The molecule has 4 heteroatoms. The van der Waals surface area contributed by atoms with Crippen molar-refractivity contribution in [2.75, 3.05) is 5.32 Å². The average Bonchev–Trinajstić information content (AvgIpc) is 2.42. The van der Waals surface area contributed by atoms with Gasteiger partial charge < -0.3 is 5.32 Å². The molecule has 0 aliphatic carbocycles. The third-order valence-electron chi connectivity index (χ3n) is 2.92. The van der Waals surface area contributed by atoms with Crippen LogP contribution in [0.3, 0.4) is 0 Å². The topological polar surface area (TPSA) is 52.9 Å². The molecule has 0 heterocycles. The summed E-state index contributed by atoms with van der Waals surface area (Å²) in [5.74, 6) is -0.227. The molecule has 0 atom stereocenters. The predicted molar refractivity (Wildman–Crippen MR) is 82.7 cm³/mol. The second-order valence-electron chi connectivity index (χ2n) is 4.59. The zero-order valence-corrected chi connectivity index (χ0v) is 12.8. The minimum Gasteiger partial charge on any atom is -0.321 e. The molecule has 0 aromatic heterocycles. The van der Waals surface area contributed by atoms with Crippen LogP contribution in [0.25, 0.3) is 0 Å². The van der Waals surface area contributed by atoms with Crippen LogP contribution in [-0.2, 0) is 0 Å². The number of anilines is 1. The van der Waals surface area contributed by atoms with Crippen LogP contribution >= 0.6 is 15.9 Å². The number of hydrogen-bond acceptors (Lipinski definition) is 2. The van der Waals surface area contributed by atoms with Crippen molar-refractivity contribution in [3.05, 3.63) is 63.1 Å². The first-order valence-electron chi connectivity index (χ1n) is 6.09. The van der Waals surface area contributed by atoms with Crippen molar-refractivity contribution in [3.8, 4) is 6.07 Å². The van der Waals surface area contributed by atoms with Crippen molar-refractivity contribution in [2.24, 2.45) is 0 Å². The monoisotopic (exact) mass is 328 g/mol. The third kappa shape index (κ3) is 3.06. The lowest BCUT2D eigenvalue weighted by atomic mass is 10.1. The highest BCUT2D eigenvalue weighted by Gasteiger charge is 2.11. The summed E-state index contributed by atoms with van der Waals surface area (Å²) in [5, 5.41) is 11.7. The molecule has 0 aliphatic heterocycles. The van der Waals surface area contributed by atoms with Crippen molar-refractivity contribution in [2.45, 2.75) is 13.8 Å². The number of benzene rings is 2. The van der Waals surface area contributed by atoms with Gasteiger partial charge in [-0.25, -0.2) is 0 Å². The molecule has 2 rings (SSSR count). The fourth-order valence-electron chi connectivity index (χ4n) is 1.99. The molecule has 0 saturated carbocycles. The van der Waals surface area contributed by atoms with Gasteiger partial charge in [-0.3, -0.25) is 4.79 Å². The summed E-state index contributed by atoms with van der Waals surface area (Å²) in [6, 6.07) is 12.6. The zero-order chi connectivity index (χ0) is 14.7. The van der Waals surface area contributed by atoms with Gasteiger partial charge in [-0.1, -0.05) is 12.1 Å². The zero-order valence-electron chi connectivity index (χ0n) is 11.2. The minimum absolute atomic E-state index is 0.227. The standard InChI is InChI=1S/C16H13BrN2O/c1-10-6-11(2)15(14(17)7-10)19-16(20)13-5-3-4-12(8-13)9-18/h3-8H,1-2H3,(H,19,20). The number of hydrogen-bond donors (Lipinski definition) is 1. The van der Waals surface area contributed by atoms with Crippen LogP contribution in [-0.4, -0.2) is 5.91 Å². The molecule has 0 bridgehead atoms. The van der Waals surface area contributed by atoms with Crippen molar-refractivity contribution in [1.29, 1.82) is 5.26 Å². The highest BCUT2D eigenvalue weighted by Crippen LogP contribution is 2.28. The summed E-state index contributed by atoms with van der Waals surface area (Å²) < 4.78 is 0.847. The van der Waals surface area contributed by atoms with Gasteiger partial charge in [0.1, 0.15) is 0 Å². The normalized spacial score (nSPS) is 9.90. The lowest BCUT2D eigenvalue weighted by Gasteiger charge is -2.12. The highest BCUT2D eigenvalue weighted by molar-refractivity contribution is 9.10. The number of halogens is 1. The van der Waals surface area contributed by atoms with Crippen molar-refractivity contribution < 1.29 is 4.79 Å². The van der Waals surface area contributed by atoms with Crippen molar-refractivity contribution in [1.82, 2.24) is 0 Å². The van der Waals surface area contributed by atoms with Gasteiger partial charge in [-0.2, -0.15) is 5.26 Å². The van der Waals surface area contributed by atoms with Gasteiger partial charge in [0.05, 0.1) is 17.3 Å². The third-order valence-corrected chi connectivity index (χ3v) is 3.55. The molecule has 0 spiro atoms. The van der Waals surface area contributed by atoms with Crippen molar-refractivity contribution >= 4 is 27.5 Å². The van der Waals surface area contributed by atoms with Crippen molar-refractivity contribution in [3.63, 3.8) is 0 Å². The maximum absolute atomic E-state index is 12.2. The molecule has 1 N–H and O–H groups in total. The van der Waals surface area contributed by atoms with Gasteiger partial charge in [0.15, 0.2) is 0 Å². The van der Waals surface area contributed by atoms with Gasteiger partial charge in [0, 0.05) is 10.0 Å². The fraction of sp³-hybridized carbons (Fsp3) is 0.125. The van der Waals surface area contributed by atoms with E-state index >= 15 is 0 Å². The summed E-state index contributed by atoms with van der Waals surface area (Å²) in [6.45, 7) is 3.94. The largest absolute Gasteiger partial charge is 0.321 e. The van der Waals surface area contributed by atoms with E-state index in [4.69, 9.17) is 5.26 Å². The predicted octanol–water partition coefficient (Wildman–Crippen LogP) is 4.19. The van der Waals surface area contributed by atoms with E-state index in [1.54, 1.807) is 24.3 Å². The van der Waals surface area contributed by atoms with Gasteiger partial charge in [-0.05, 0) is 65.2 Å². The average molecular weight is 329 g/mol. The molecular weight excluding hydrogens is 316 g/mol. The van der Waals surface area contributed by atoms with E-state index in [0.717, 1.165) is 21.3 Å². The van der Waals surface area contributed by atoms with Crippen LogP contribution in [0.5, 0.6) is 0 Å². The summed E-state index contributed by atoms with van der Waals surface area (Å²) in [4.78, 5) is 12.2. The number of carbonyl (C=O) groups is 1. The van der Waals surface area contributed by atoms with E-state index in [1.807, 2.05) is 32.0 Å². The second-order valence-corrected chi connectivity index (χ2v) is 5.44. The molecule has 0 radical (unpaired) electrons. The smallest absolute Gasteiger partial charge is 0.255 e. The van der Waals surface area contributed by atoms with Crippen LogP contribution in [0.15, 0.2) is 40.9 Å². The molecule has 2 aromatic carbocycles. The molecule has 0 fully saturated rings. The molecule has 3 nitrogen and oxygen atoms in total. The Morgan fingerprint density at radius 1 is 1.25 bits per heavy atom. The number of nitrogens with one attached hydrogen (secondary N) is 1. The molecule has 20 heavy (non-hydrogen) atoms. The first-order valence-corrected chi connectivity index (χ1v) is 6.89. The van der Waals surface area contributed by atoms with E-state index in [-0.39, 0.29) is 5.91 Å². The minimum atomic E-state index is -0.227. The molecule has 0 aliphatic rings. The maximum atomic E-state index is 12.2. The summed E-state index contributed by atoms with van der Waals surface area (Å²) in [5.41, 5.74) is 3.80. The molecule has 100 valence electrons.